The second-order valence-corrected chi connectivity index (χ2v) is 6.21. The lowest BCUT2D eigenvalue weighted by Crippen LogP contribution is -2.17. The zero-order valence-corrected chi connectivity index (χ0v) is 15.6. The molecule has 0 bridgehead atoms. The summed E-state index contributed by atoms with van der Waals surface area (Å²) >= 11 is 6.73. The van der Waals surface area contributed by atoms with Crippen molar-refractivity contribution in [1.29, 1.82) is 0 Å². The van der Waals surface area contributed by atoms with Gasteiger partial charge in [-0.3, -0.25) is 4.79 Å². The summed E-state index contributed by atoms with van der Waals surface area (Å²) in [6.45, 7) is 0. The van der Waals surface area contributed by atoms with E-state index in [1.807, 2.05) is 6.07 Å². The lowest BCUT2D eigenvalue weighted by molar-refractivity contribution is 0.0955. The number of nitrogens with zero attached hydrogens (tertiary/aromatic N) is 1. The van der Waals surface area contributed by atoms with E-state index in [1.54, 1.807) is 44.6 Å². The second-order valence-electron chi connectivity index (χ2n) is 4.44. The minimum atomic E-state index is -0.297. The Kier molecular flexibility index (Phi) is 6.18. The van der Waals surface area contributed by atoms with Crippen molar-refractivity contribution in [3.8, 4) is 11.5 Å². The molecule has 0 spiro atoms. The topological polar surface area (TPSA) is 59.9 Å². The Morgan fingerprint density at radius 2 is 1.87 bits per heavy atom. The molecule has 0 aliphatic heterocycles. The van der Waals surface area contributed by atoms with E-state index in [0.29, 0.717) is 22.6 Å². The van der Waals surface area contributed by atoms with Crippen LogP contribution in [-0.4, -0.2) is 26.3 Å². The van der Waals surface area contributed by atoms with Gasteiger partial charge in [-0.25, -0.2) is 5.43 Å². The summed E-state index contributed by atoms with van der Waals surface area (Å²) in [7, 11) is 3.13. The van der Waals surface area contributed by atoms with Gasteiger partial charge < -0.3 is 9.47 Å². The Hall–Kier alpha value is -1.86. The van der Waals surface area contributed by atoms with Gasteiger partial charge in [-0.2, -0.15) is 5.10 Å². The maximum absolute atomic E-state index is 12.0. The van der Waals surface area contributed by atoms with Crippen molar-refractivity contribution in [3.05, 3.63) is 56.5 Å². The number of benzene rings is 2. The Morgan fingerprint density at radius 1 is 1.13 bits per heavy atom. The quantitative estimate of drug-likeness (QED) is 0.563. The molecule has 0 fully saturated rings. The van der Waals surface area contributed by atoms with E-state index in [9.17, 15) is 4.79 Å². The van der Waals surface area contributed by atoms with Crippen molar-refractivity contribution in [1.82, 2.24) is 5.43 Å². The van der Waals surface area contributed by atoms with E-state index < -0.39 is 0 Å². The number of ether oxygens (including phenoxy) is 2. The first-order chi connectivity index (χ1) is 11.0. The molecule has 2 aromatic carbocycles. The summed E-state index contributed by atoms with van der Waals surface area (Å²) in [5, 5.41) is 3.97. The third kappa shape index (κ3) is 4.56. The van der Waals surface area contributed by atoms with E-state index in [-0.39, 0.29) is 5.91 Å². The van der Waals surface area contributed by atoms with Crippen LogP contribution >= 0.6 is 31.9 Å². The fourth-order valence-electron chi connectivity index (χ4n) is 1.84. The molecule has 2 aromatic rings. The largest absolute Gasteiger partial charge is 0.496 e. The van der Waals surface area contributed by atoms with Gasteiger partial charge in [-0.1, -0.05) is 22.0 Å². The van der Waals surface area contributed by atoms with Crippen LogP contribution in [0.2, 0.25) is 0 Å². The number of halogens is 2. The number of carbonyl (C=O) groups excluding carboxylic acids is 1. The Balaban J connectivity index is 2.14. The van der Waals surface area contributed by atoms with Crippen LogP contribution in [0.4, 0.5) is 0 Å². The van der Waals surface area contributed by atoms with Crippen LogP contribution < -0.4 is 14.9 Å². The van der Waals surface area contributed by atoms with Gasteiger partial charge in [-0.15, -0.1) is 0 Å². The van der Waals surface area contributed by atoms with Crippen LogP contribution in [0.15, 0.2) is 50.4 Å². The number of hydrazone groups is 1. The highest BCUT2D eigenvalue weighted by Gasteiger charge is 2.08. The maximum atomic E-state index is 12.0. The zero-order chi connectivity index (χ0) is 16.8. The second kappa shape index (κ2) is 8.12. The first-order valence-corrected chi connectivity index (χ1v) is 8.14. The molecule has 7 heteroatoms. The Morgan fingerprint density at radius 3 is 2.52 bits per heavy atom. The van der Waals surface area contributed by atoms with Crippen molar-refractivity contribution < 1.29 is 14.3 Å². The smallest absolute Gasteiger partial charge is 0.271 e. The number of hydrogen-bond acceptors (Lipinski definition) is 4. The van der Waals surface area contributed by atoms with Crippen molar-refractivity contribution in [2.75, 3.05) is 14.2 Å². The lowest BCUT2D eigenvalue weighted by Gasteiger charge is -2.09. The number of rotatable bonds is 5. The molecule has 1 N–H and O–H groups in total. The van der Waals surface area contributed by atoms with Crippen LogP contribution in [0.3, 0.4) is 0 Å². The first kappa shape index (κ1) is 17.5. The van der Waals surface area contributed by atoms with E-state index in [1.165, 1.54) is 6.21 Å². The molecule has 1 amide bonds. The highest BCUT2D eigenvalue weighted by molar-refractivity contribution is 9.10. The maximum Gasteiger partial charge on any atom is 0.271 e. The first-order valence-electron chi connectivity index (χ1n) is 6.55. The number of nitrogens with one attached hydrogen (secondary N) is 1. The minimum absolute atomic E-state index is 0.297. The molecule has 0 atom stereocenters. The monoisotopic (exact) mass is 440 g/mol. The Bertz CT molecular complexity index is 748. The molecular formula is C16H14Br2N2O3. The highest BCUT2D eigenvalue weighted by atomic mass is 79.9. The summed E-state index contributed by atoms with van der Waals surface area (Å²) in [5.74, 6) is 0.941. The van der Waals surface area contributed by atoms with Gasteiger partial charge in [0, 0.05) is 21.7 Å². The molecule has 120 valence electrons. The summed E-state index contributed by atoms with van der Waals surface area (Å²) in [6.07, 6.45) is 1.51. The normalized spacial score (nSPS) is 10.6. The van der Waals surface area contributed by atoms with Crippen molar-refractivity contribution in [2.45, 2.75) is 0 Å². The van der Waals surface area contributed by atoms with Gasteiger partial charge in [0.15, 0.2) is 0 Å². The summed E-state index contributed by atoms with van der Waals surface area (Å²) in [5.41, 5.74) is 3.70. The molecule has 0 aliphatic carbocycles. The molecule has 23 heavy (non-hydrogen) atoms. The average Bonchev–Trinajstić information content (AvgIpc) is 2.55. The SMILES string of the molecule is COc1cc(OC)c(/C=N\NC(=O)c2cccc(Br)c2)cc1Br. The average molecular weight is 442 g/mol. The fraction of sp³-hybridized carbons (Fsp3) is 0.125. The van der Waals surface area contributed by atoms with Crippen molar-refractivity contribution in [3.63, 3.8) is 0 Å². The fourth-order valence-corrected chi connectivity index (χ4v) is 2.76. The third-order valence-electron chi connectivity index (χ3n) is 2.96. The van der Waals surface area contributed by atoms with Gasteiger partial charge in [0.25, 0.3) is 5.91 Å². The van der Waals surface area contributed by atoms with Gasteiger partial charge >= 0.3 is 0 Å². The molecule has 5 nitrogen and oxygen atoms in total. The molecule has 0 saturated carbocycles. The highest BCUT2D eigenvalue weighted by Crippen LogP contribution is 2.31. The molecule has 0 heterocycles. The predicted molar refractivity (Wildman–Crippen MR) is 96.4 cm³/mol. The van der Waals surface area contributed by atoms with Crippen LogP contribution in [-0.2, 0) is 0 Å². The van der Waals surface area contributed by atoms with Crippen molar-refractivity contribution in [2.24, 2.45) is 5.10 Å². The van der Waals surface area contributed by atoms with Crippen LogP contribution in [0.25, 0.3) is 0 Å². The van der Waals surface area contributed by atoms with Gasteiger partial charge in [0.1, 0.15) is 11.5 Å². The van der Waals surface area contributed by atoms with Crippen LogP contribution in [0.5, 0.6) is 11.5 Å². The standard InChI is InChI=1S/C16H14Br2N2O3/c1-22-14-8-15(23-2)13(18)7-11(14)9-19-20-16(21)10-4-3-5-12(17)6-10/h3-9H,1-2H3,(H,20,21)/b19-9-. The van der Waals surface area contributed by atoms with E-state index in [2.05, 4.69) is 42.4 Å². The predicted octanol–water partition coefficient (Wildman–Crippen LogP) is 3.99. The van der Waals surface area contributed by atoms with Gasteiger partial charge in [0.2, 0.25) is 0 Å². The van der Waals surface area contributed by atoms with E-state index in [0.717, 1.165) is 8.95 Å². The summed E-state index contributed by atoms with van der Waals surface area (Å²) in [6, 6.07) is 10.6. The van der Waals surface area contributed by atoms with E-state index in [4.69, 9.17) is 9.47 Å². The molecular weight excluding hydrogens is 428 g/mol. The molecule has 0 aliphatic rings. The molecule has 0 aromatic heterocycles. The van der Waals surface area contributed by atoms with Crippen LogP contribution in [0, 0.1) is 0 Å². The third-order valence-corrected chi connectivity index (χ3v) is 4.07. The molecule has 0 unspecified atom stereocenters. The summed E-state index contributed by atoms with van der Waals surface area (Å²) in [4.78, 5) is 12.0. The minimum Gasteiger partial charge on any atom is -0.496 e. The van der Waals surface area contributed by atoms with Gasteiger partial charge in [-0.05, 0) is 40.2 Å². The summed E-state index contributed by atoms with van der Waals surface area (Å²) < 4.78 is 12.1. The lowest BCUT2D eigenvalue weighted by atomic mass is 10.2. The van der Waals surface area contributed by atoms with Crippen LogP contribution in [0.1, 0.15) is 15.9 Å². The number of amides is 1. The number of methoxy groups -OCH3 is 2. The molecule has 0 saturated heterocycles. The molecule has 0 radical (unpaired) electrons. The number of carbonyl (C=O) groups is 1. The number of hydrogen-bond donors (Lipinski definition) is 1. The van der Waals surface area contributed by atoms with E-state index >= 15 is 0 Å². The van der Waals surface area contributed by atoms with Gasteiger partial charge in [0.05, 0.1) is 24.9 Å². The Labute approximate surface area is 150 Å². The molecule has 2 rings (SSSR count). The van der Waals surface area contributed by atoms with Crippen molar-refractivity contribution >= 4 is 44.0 Å². The zero-order valence-electron chi connectivity index (χ0n) is 12.5.